The fraction of sp³-hybridized carbons (Fsp3) is 0.176. The maximum atomic E-state index is 8.79. The molecule has 0 aromatic heterocycles. The number of benzene rings is 2. The molecule has 0 amide bonds. The van der Waals surface area contributed by atoms with E-state index in [0.717, 1.165) is 11.1 Å². The molecule has 2 aromatic rings. The third kappa shape index (κ3) is 5.17. The number of rotatable bonds is 4. The lowest BCUT2D eigenvalue weighted by Gasteiger charge is -2.13. The zero-order valence-corrected chi connectivity index (χ0v) is 14.1. The van der Waals surface area contributed by atoms with Gasteiger partial charge in [0, 0.05) is 30.2 Å². The second-order valence-electron chi connectivity index (χ2n) is 4.82. The highest BCUT2D eigenvalue weighted by Crippen LogP contribution is 2.20. The third-order valence-electron chi connectivity index (χ3n) is 3.23. The zero-order chi connectivity index (χ0) is 16.7. The van der Waals surface area contributed by atoms with Gasteiger partial charge in [0.1, 0.15) is 0 Å². The van der Waals surface area contributed by atoms with E-state index in [1.54, 1.807) is 31.3 Å². The summed E-state index contributed by atoms with van der Waals surface area (Å²) in [6.07, 6.45) is 0. The molecule has 118 valence electrons. The second-order valence-corrected chi connectivity index (χ2v) is 5.67. The van der Waals surface area contributed by atoms with Crippen LogP contribution in [-0.4, -0.2) is 13.0 Å². The van der Waals surface area contributed by atoms with Gasteiger partial charge in [0.25, 0.3) is 0 Å². The molecule has 23 heavy (non-hydrogen) atoms. The summed E-state index contributed by atoms with van der Waals surface area (Å²) in [5, 5.41) is 16.4. The molecule has 0 aliphatic carbocycles. The Labute approximate surface area is 145 Å². The van der Waals surface area contributed by atoms with Gasteiger partial charge in [0.05, 0.1) is 11.6 Å². The summed E-state index contributed by atoms with van der Waals surface area (Å²) in [6.45, 7) is 1.16. The van der Waals surface area contributed by atoms with Crippen LogP contribution in [0.5, 0.6) is 0 Å². The molecule has 0 saturated carbocycles. The number of aliphatic imine (C=N–C) groups is 1. The number of nitrogens with zero attached hydrogens (tertiary/aromatic N) is 2. The summed E-state index contributed by atoms with van der Waals surface area (Å²) in [7, 11) is 1.71. The van der Waals surface area contributed by atoms with Gasteiger partial charge in [-0.3, -0.25) is 4.99 Å². The van der Waals surface area contributed by atoms with Crippen LogP contribution in [0.3, 0.4) is 0 Å². The Morgan fingerprint density at radius 3 is 2.39 bits per heavy atom. The SMILES string of the molecule is CN=C(NCc1ccc(C#N)cc1)NCc1ccc(Cl)cc1Cl. The van der Waals surface area contributed by atoms with Gasteiger partial charge in [-0.1, -0.05) is 41.4 Å². The average molecular weight is 347 g/mol. The summed E-state index contributed by atoms with van der Waals surface area (Å²) in [6, 6.07) is 14.9. The van der Waals surface area contributed by atoms with Gasteiger partial charge in [-0.2, -0.15) is 5.26 Å². The molecule has 0 spiro atoms. The minimum Gasteiger partial charge on any atom is -0.352 e. The quantitative estimate of drug-likeness (QED) is 0.654. The van der Waals surface area contributed by atoms with Crippen molar-refractivity contribution in [3.05, 3.63) is 69.2 Å². The first-order valence-corrected chi connectivity index (χ1v) is 7.75. The molecule has 0 saturated heterocycles. The van der Waals surface area contributed by atoms with Crippen LogP contribution in [0.25, 0.3) is 0 Å². The third-order valence-corrected chi connectivity index (χ3v) is 3.81. The number of halogens is 2. The molecule has 0 aliphatic rings. The summed E-state index contributed by atoms with van der Waals surface area (Å²) in [5.74, 6) is 0.667. The van der Waals surface area contributed by atoms with E-state index < -0.39 is 0 Å². The van der Waals surface area contributed by atoms with Crippen LogP contribution >= 0.6 is 23.2 Å². The van der Waals surface area contributed by atoms with Gasteiger partial charge in [0.2, 0.25) is 0 Å². The first-order chi connectivity index (χ1) is 11.1. The van der Waals surface area contributed by atoms with Gasteiger partial charge >= 0.3 is 0 Å². The van der Waals surface area contributed by atoms with Crippen LogP contribution in [0.2, 0.25) is 10.0 Å². The average Bonchev–Trinajstić information content (AvgIpc) is 2.57. The van der Waals surface area contributed by atoms with Gasteiger partial charge in [-0.15, -0.1) is 0 Å². The van der Waals surface area contributed by atoms with Gasteiger partial charge in [0.15, 0.2) is 5.96 Å². The van der Waals surface area contributed by atoms with Gasteiger partial charge in [-0.05, 0) is 35.4 Å². The van der Waals surface area contributed by atoms with Crippen molar-refractivity contribution < 1.29 is 0 Å². The lowest BCUT2D eigenvalue weighted by atomic mass is 10.1. The van der Waals surface area contributed by atoms with Crippen LogP contribution in [0.1, 0.15) is 16.7 Å². The van der Waals surface area contributed by atoms with Gasteiger partial charge < -0.3 is 10.6 Å². The summed E-state index contributed by atoms with van der Waals surface area (Å²) >= 11 is 12.0. The zero-order valence-electron chi connectivity index (χ0n) is 12.6. The maximum absolute atomic E-state index is 8.79. The Hall–Kier alpha value is -2.22. The van der Waals surface area contributed by atoms with Crippen molar-refractivity contribution in [3.63, 3.8) is 0 Å². The Bertz CT molecular complexity index is 733. The topological polar surface area (TPSA) is 60.2 Å². The van der Waals surface area contributed by atoms with E-state index in [9.17, 15) is 0 Å². The fourth-order valence-electron chi connectivity index (χ4n) is 1.95. The van der Waals surface area contributed by atoms with E-state index in [1.165, 1.54) is 0 Å². The molecule has 2 aromatic carbocycles. The first-order valence-electron chi connectivity index (χ1n) is 7.00. The van der Waals surface area contributed by atoms with Crippen molar-refractivity contribution in [2.75, 3.05) is 7.05 Å². The van der Waals surface area contributed by atoms with Gasteiger partial charge in [-0.25, -0.2) is 0 Å². The molecular weight excluding hydrogens is 331 g/mol. The molecule has 0 atom stereocenters. The van der Waals surface area contributed by atoms with E-state index in [-0.39, 0.29) is 0 Å². The van der Waals surface area contributed by atoms with Crippen LogP contribution in [0.15, 0.2) is 47.5 Å². The normalized spacial score (nSPS) is 11.0. The highest BCUT2D eigenvalue weighted by atomic mass is 35.5. The lowest BCUT2D eigenvalue weighted by Crippen LogP contribution is -2.36. The van der Waals surface area contributed by atoms with Crippen LogP contribution in [-0.2, 0) is 13.1 Å². The van der Waals surface area contributed by atoms with Crippen molar-refractivity contribution in [2.24, 2.45) is 4.99 Å². The minimum atomic E-state index is 0.545. The maximum Gasteiger partial charge on any atom is 0.191 e. The highest BCUT2D eigenvalue weighted by molar-refractivity contribution is 6.35. The van der Waals surface area contributed by atoms with Crippen LogP contribution < -0.4 is 10.6 Å². The van der Waals surface area contributed by atoms with E-state index in [1.807, 2.05) is 18.2 Å². The smallest absolute Gasteiger partial charge is 0.191 e. The molecule has 0 aliphatic heterocycles. The molecule has 4 nitrogen and oxygen atoms in total. The van der Waals surface area contributed by atoms with Crippen LogP contribution in [0, 0.1) is 11.3 Å². The van der Waals surface area contributed by atoms with E-state index in [0.29, 0.717) is 34.7 Å². The monoisotopic (exact) mass is 346 g/mol. The van der Waals surface area contributed by atoms with E-state index >= 15 is 0 Å². The summed E-state index contributed by atoms with van der Waals surface area (Å²) < 4.78 is 0. The van der Waals surface area contributed by atoms with Crippen molar-refractivity contribution in [1.29, 1.82) is 5.26 Å². The van der Waals surface area contributed by atoms with Crippen LogP contribution in [0.4, 0.5) is 0 Å². The molecule has 0 bridgehead atoms. The van der Waals surface area contributed by atoms with E-state index in [4.69, 9.17) is 28.5 Å². The Kier molecular flexibility index (Phi) is 6.28. The predicted octanol–water partition coefficient (Wildman–Crippen LogP) is 3.73. The molecule has 6 heteroatoms. The van der Waals surface area contributed by atoms with Crippen molar-refractivity contribution in [3.8, 4) is 6.07 Å². The summed E-state index contributed by atoms with van der Waals surface area (Å²) in [4.78, 5) is 4.17. The number of hydrogen-bond donors (Lipinski definition) is 2. The molecule has 0 unspecified atom stereocenters. The molecule has 0 heterocycles. The van der Waals surface area contributed by atoms with Crippen molar-refractivity contribution >= 4 is 29.2 Å². The molecule has 0 radical (unpaired) electrons. The number of guanidine groups is 1. The predicted molar refractivity (Wildman–Crippen MR) is 94.7 cm³/mol. The Morgan fingerprint density at radius 2 is 1.78 bits per heavy atom. The second kappa shape index (κ2) is 8.42. The highest BCUT2D eigenvalue weighted by Gasteiger charge is 2.03. The largest absolute Gasteiger partial charge is 0.352 e. The lowest BCUT2D eigenvalue weighted by molar-refractivity contribution is 0.809. The number of nitrogens with one attached hydrogen (secondary N) is 2. The molecule has 2 rings (SSSR count). The standard InChI is InChI=1S/C17H16Cl2N4/c1-21-17(22-10-13-4-2-12(9-20)3-5-13)23-11-14-6-7-15(18)8-16(14)19/h2-8H,10-11H2,1H3,(H2,21,22,23). The Morgan fingerprint density at radius 1 is 1.09 bits per heavy atom. The fourth-order valence-corrected chi connectivity index (χ4v) is 2.42. The first kappa shape index (κ1) is 17.1. The number of nitriles is 1. The van der Waals surface area contributed by atoms with Crippen molar-refractivity contribution in [2.45, 2.75) is 13.1 Å². The van der Waals surface area contributed by atoms with Crippen molar-refractivity contribution in [1.82, 2.24) is 10.6 Å². The Balaban J connectivity index is 1.89. The number of hydrogen-bond acceptors (Lipinski definition) is 2. The summed E-state index contributed by atoms with van der Waals surface area (Å²) in [5.41, 5.74) is 2.66. The van der Waals surface area contributed by atoms with E-state index in [2.05, 4.69) is 21.7 Å². The molecular formula is C17H16Cl2N4. The minimum absolute atomic E-state index is 0.545. The molecule has 0 fully saturated rings. The molecule has 2 N–H and O–H groups in total.